The Labute approximate surface area is 29.2 Å². The second-order valence-corrected chi connectivity index (χ2v) is 2.12. The van der Waals surface area contributed by atoms with Gasteiger partial charge < -0.3 is 5.48 Å². The van der Waals surface area contributed by atoms with Gasteiger partial charge in [-0.3, -0.25) is 0 Å². The van der Waals surface area contributed by atoms with E-state index in [1.54, 1.807) is 0 Å². The molecule has 4 heavy (non-hydrogen) atoms. The molecule has 0 aliphatic carbocycles. The molecule has 0 amide bonds. The van der Waals surface area contributed by atoms with Crippen molar-refractivity contribution in [1.82, 2.24) is 0 Å². The van der Waals surface area contributed by atoms with Gasteiger partial charge in [0.15, 0.2) is 0 Å². The van der Waals surface area contributed by atoms with Crippen molar-refractivity contribution in [2.24, 2.45) is 0 Å². The highest BCUT2D eigenvalue weighted by atomic mass is 28.2. The van der Waals surface area contributed by atoms with Crippen molar-refractivity contribution in [1.29, 1.82) is 0 Å². The van der Waals surface area contributed by atoms with Gasteiger partial charge in [-0.2, -0.15) is 0 Å². The standard InChI is InChI=1S/C2H8Si.H2O/c1-3-2;/h3H2,1-2H3;1H2. The molecule has 2 heteroatoms. The van der Waals surface area contributed by atoms with Gasteiger partial charge in [0, 0.05) is 9.52 Å². The molecule has 0 aromatic rings. The molecule has 0 heterocycles. The van der Waals surface area contributed by atoms with Crippen molar-refractivity contribution >= 4 is 9.52 Å². The minimum atomic E-state index is 0. The molecule has 0 bridgehead atoms. The van der Waals surface area contributed by atoms with E-state index < -0.39 is 0 Å². The molecule has 0 aliphatic rings. The Morgan fingerprint density at radius 2 is 1.25 bits per heavy atom. The lowest BCUT2D eigenvalue weighted by atomic mass is 11.9. The Kier molecular flexibility index (Phi) is 24.2. The molecule has 0 radical (unpaired) electrons. The van der Waals surface area contributed by atoms with E-state index in [0.717, 1.165) is 0 Å². The molecule has 1 nitrogen and oxygen atoms in total. The molecule has 0 aliphatic heterocycles. The van der Waals surface area contributed by atoms with Gasteiger partial charge in [-0.25, -0.2) is 0 Å². The molecule has 0 aromatic heterocycles. The average Bonchev–Trinajstić information content (AvgIpc) is 0.918. The molecular weight excluding hydrogens is 68.1 g/mol. The van der Waals surface area contributed by atoms with Gasteiger partial charge >= 0.3 is 0 Å². The SMILES string of the molecule is C[SiH2]C.O. The molecule has 0 spiro atoms. The molecule has 0 rings (SSSR count). The summed E-state index contributed by atoms with van der Waals surface area (Å²) >= 11 is 0. The van der Waals surface area contributed by atoms with E-state index in [1.807, 2.05) is 0 Å². The van der Waals surface area contributed by atoms with E-state index >= 15 is 0 Å². The number of hydrogen-bond donors (Lipinski definition) is 0. The van der Waals surface area contributed by atoms with E-state index in [2.05, 4.69) is 13.1 Å². The van der Waals surface area contributed by atoms with Gasteiger partial charge in [-0.1, -0.05) is 13.1 Å². The van der Waals surface area contributed by atoms with Crippen LogP contribution in [-0.4, -0.2) is 15.0 Å². The van der Waals surface area contributed by atoms with Gasteiger partial charge in [0.2, 0.25) is 0 Å². The van der Waals surface area contributed by atoms with E-state index in [0.29, 0.717) is 9.52 Å². The summed E-state index contributed by atoms with van der Waals surface area (Å²) in [4.78, 5) is 0. The fraction of sp³-hybridized carbons (Fsp3) is 1.00. The van der Waals surface area contributed by atoms with Crippen LogP contribution >= 0.6 is 0 Å². The quantitative estimate of drug-likeness (QED) is 0.347. The van der Waals surface area contributed by atoms with Crippen LogP contribution < -0.4 is 0 Å². The first kappa shape index (κ1) is 8.90. The molecule has 0 saturated heterocycles. The van der Waals surface area contributed by atoms with Gasteiger partial charge in [0.05, 0.1) is 0 Å². The second-order valence-electron chi connectivity index (χ2n) is 0.707. The normalized spacial score (nSPS) is 4.50. The second kappa shape index (κ2) is 10.9. The lowest BCUT2D eigenvalue weighted by Gasteiger charge is -1.45. The molecule has 0 saturated carbocycles. The Hall–Kier alpha value is 0.177. The van der Waals surface area contributed by atoms with Crippen LogP contribution in [0.2, 0.25) is 13.1 Å². The summed E-state index contributed by atoms with van der Waals surface area (Å²) in [7, 11) is 0.417. The minimum absolute atomic E-state index is 0. The summed E-state index contributed by atoms with van der Waals surface area (Å²) in [6.45, 7) is 4.53. The highest BCUT2D eigenvalue weighted by Gasteiger charge is 1.38. The van der Waals surface area contributed by atoms with E-state index in [4.69, 9.17) is 0 Å². The Balaban J connectivity index is 0. The average molecular weight is 78.2 g/mol. The van der Waals surface area contributed by atoms with E-state index in [-0.39, 0.29) is 5.48 Å². The van der Waals surface area contributed by atoms with Crippen LogP contribution in [0.25, 0.3) is 0 Å². The van der Waals surface area contributed by atoms with Crippen LogP contribution in [0.4, 0.5) is 0 Å². The van der Waals surface area contributed by atoms with Crippen LogP contribution in [0.1, 0.15) is 0 Å². The lowest BCUT2D eigenvalue weighted by molar-refractivity contribution is 0.824. The summed E-state index contributed by atoms with van der Waals surface area (Å²) in [5.41, 5.74) is 0. The first-order valence-electron chi connectivity index (χ1n) is 1.41. The molecule has 0 unspecified atom stereocenters. The predicted molar refractivity (Wildman–Crippen MR) is 23.9 cm³/mol. The fourth-order valence-electron chi connectivity index (χ4n) is 0. The maximum Gasteiger partial charge on any atom is 0.0135 e. The number of hydrogen-bond acceptors (Lipinski definition) is 0. The highest BCUT2D eigenvalue weighted by molar-refractivity contribution is 6.31. The molecule has 28 valence electrons. The van der Waals surface area contributed by atoms with Crippen LogP contribution in [0.15, 0.2) is 0 Å². The molecule has 0 aromatic carbocycles. The largest absolute Gasteiger partial charge is 0.412 e. The minimum Gasteiger partial charge on any atom is -0.412 e. The van der Waals surface area contributed by atoms with Crippen LogP contribution in [0.3, 0.4) is 0 Å². The first-order chi connectivity index (χ1) is 1.41. The zero-order valence-corrected chi connectivity index (χ0v) is 4.62. The maximum atomic E-state index is 2.26. The van der Waals surface area contributed by atoms with Crippen molar-refractivity contribution in [3.63, 3.8) is 0 Å². The van der Waals surface area contributed by atoms with Crippen LogP contribution in [-0.2, 0) is 0 Å². The zero-order chi connectivity index (χ0) is 2.71. The van der Waals surface area contributed by atoms with Crippen LogP contribution in [0.5, 0.6) is 0 Å². The van der Waals surface area contributed by atoms with Gasteiger partial charge in [-0.05, 0) is 0 Å². The fourth-order valence-corrected chi connectivity index (χ4v) is 0. The van der Waals surface area contributed by atoms with Gasteiger partial charge in [0.1, 0.15) is 0 Å². The van der Waals surface area contributed by atoms with E-state index in [1.165, 1.54) is 0 Å². The topological polar surface area (TPSA) is 31.5 Å². The zero-order valence-electron chi connectivity index (χ0n) is 3.21. The van der Waals surface area contributed by atoms with Gasteiger partial charge in [0.25, 0.3) is 0 Å². The Bertz CT molecular complexity index is 6.00. The third kappa shape index (κ3) is 96.4. The van der Waals surface area contributed by atoms with E-state index in [9.17, 15) is 0 Å². The van der Waals surface area contributed by atoms with Crippen molar-refractivity contribution in [2.45, 2.75) is 13.1 Å². The Morgan fingerprint density at radius 1 is 1.25 bits per heavy atom. The van der Waals surface area contributed by atoms with Crippen molar-refractivity contribution in [2.75, 3.05) is 0 Å². The monoisotopic (exact) mass is 78.1 g/mol. The Morgan fingerprint density at radius 3 is 1.25 bits per heavy atom. The third-order valence-electron chi connectivity index (χ3n) is 0. The summed E-state index contributed by atoms with van der Waals surface area (Å²) in [6.07, 6.45) is 0. The summed E-state index contributed by atoms with van der Waals surface area (Å²) in [5, 5.41) is 0. The maximum absolute atomic E-state index is 2.26. The van der Waals surface area contributed by atoms with Gasteiger partial charge in [-0.15, -0.1) is 0 Å². The smallest absolute Gasteiger partial charge is 0.0135 e. The van der Waals surface area contributed by atoms with Crippen molar-refractivity contribution < 1.29 is 5.48 Å². The predicted octanol–water partition coefficient (Wildman–Crippen LogP) is -0.573. The van der Waals surface area contributed by atoms with Crippen molar-refractivity contribution in [3.8, 4) is 0 Å². The summed E-state index contributed by atoms with van der Waals surface area (Å²) in [5.74, 6) is 0. The first-order valence-corrected chi connectivity index (χ1v) is 4.24. The third-order valence-corrected chi connectivity index (χ3v) is 0. The molecule has 2 N–H and O–H groups in total. The van der Waals surface area contributed by atoms with Crippen molar-refractivity contribution in [3.05, 3.63) is 0 Å². The summed E-state index contributed by atoms with van der Waals surface area (Å²) < 4.78 is 0. The number of rotatable bonds is 0. The molecule has 0 fully saturated rings. The molecule has 0 atom stereocenters. The summed E-state index contributed by atoms with van der Waals surface area (Å²) in [6, 6.07) is 0. The molecular formula is C2H10OSi. The highest BCUT2D eigenvalue weighted by Crippen LogP contribution is 1.36. The lowest BCUT2D eigenvalue weighted by Crippen LogP contribution is -1.53. The van der Waals surface area contributed by atoms with Crippen LogP contribution in [0, 0.1) is 0 Å².